The molecule has 0 spiro atoms. The van der Waals surface area contributed by atoms with E-state index in [0.29, 0.717) is 0 Å². The van der Waals surface area contributed by atoms with Gasteiger partial charge in [-0.25, -0.2) is 4.39 Å². The monoisotopic (exact) mass is 313 g/mol. The highest BCUT2D eigenvalue weighted by Crippen LogP contribution is 2.29. The molecule has 0 saturated heterocycles. The highest BCUT2D eigenvalue weighted by Gasteiger charge is 2.12. The van der Waals surface area contributed by atoms with Gasteiger partial charge in [0.25, 0.3) is 0 Å². The Labute approximate surface area is 113 Å². The van der Waals surface area contributed by atoms with Crippen molar-refractivity contribution in [2.24, 2.45) is 0 Å². The van der Waals surface area contributed by atoms with E-state index in [9.17, 15) is 4.39 Å². The third-order valence-electron chi connectivity index (χ3n) is 2.64. The normalized spacial score (nSPS) is 12.6. The summed E-state index contributed by atoms with van der Waals surface area (Å²) < 4.78 is 13.9. The number of hydrogen-bond acceptors (Lipinski definition) is 2. The Balaban J connectivity index is 2.12. The molecule has 17 heavy (non-hydrogen) atoms. The predicted octanol–water partition coefficient (Wildman–Crippen LogP) is 4.15. The first-order chi connectivity index (χ1) is 8.19. The average molecular weight is 314 g/mol. The summed E-state index contributed by atoms with van der Waals surface area (Å²) in [7, 11) is 1.95. The van der Waals surface area contributed by atoms with E-state index in [0.717, 1.165) is 15.8 Å². The molecule has 1 heterocycles. The Hall–Kier alpha value is -0.710. The predicted molar refractivity (Wildman–Crippen MR) is 73.9 cm³/mol. The number of nitrogens with one attached hydrogen (secondary N) is 1. The quantitative estimate of drug-likeness (QED) is 0.894. The van der Waals surface area contributed by atoms with Gasteiger partial charge in [0.2, 0.25) is 0 Å². The minimum absolute atomic E-state index is 0.186. The van der Waals surface area contributed by atoms with Crippen molar-refractivity contribution in [3.63, 3.8) is 0 Å². The summed E-state index contributed by atoms with van der Waals surface area (Å²) >= 11 is 5.19. The SMILES string of the molecule is CNC(Cc1ccc(F)cc1)c1ccc(Br)s1. The van der Waals surface area contributed by atoms with Crippen LogP contribution in [0, 0.1) is 5.82 Å². The summed E-state index contributed by atoms with van der Waals surface area (Å²) in [4.78, 5) is 1.28. The van der Waals surface area contributed by atoms with Gasteiger partial charge in [-0.3, -0.25) is 0 Å². The van der Waals surface area contributed by atoms with E-state index in [1.165, 1.54) is 17.0 Å². The molecule has 1 aromatic heterocycles. The van der Waals surface area contributed by atoms with Crippen molar-refractivity contribution in [1.82, 2.24) is 5.32 Å². The molecular formula is C13H13BrFNS. The Bertz CT molecular complexity index is 480. The first kappa shape index (κ1) is 12.7. The van der Waals surface area contributed by atoms with Crippen LogP contribution < -0.4 is 5.32 Å². The van der Waals surface area contributed by atoms with Crippen LogP contribution in [0.3, 0.4) is 0 Å². The molecule has 0 aliphatic carbocycles. The lowest BCUT2D eigenvalue weighted by Gasteiger charge is -2.14. The van der Waals surface area contributed by atoms with E-state index >= 15 is 0 Å². The van der Waals surface area contributed by atoms with Crippen molar-refractivity contribution >= 4 is 27.3 Å². The van der Waals surface area contributed by atoms with E-state index < -0.39 is 0 Å². The first-order valence-electron chi connectivity index (χ1n) is 5.36. The molecule has 0 amide bonds. The number of halogens is 2. The van der Waals surface area contributed by atoms with Gasteiger partial charge in [0.05, 0.1) is 3.79 Å². The van der Waals surface area contributed by atoms with Crippen LogP contribution >= 0.6 is 27.3 Å². The molecule has 0 aliphatic rings. The van der Waals surface area contributed by atoms with Gasteiger partial charge in [-0.1, -0.05) is 12.1 Å². The van der Waals surface area contributed by atoms with Gasteiger partial charge >= 0.3 is 0 Å². The number of benzene rings is 1. The van der Waals surface area contributed by atoms with Crippen LogP contribution in [0.4, 0.5) is 4.39 Å². The van der Waals surface area contributed by atoms with Crippen molar-refractivity contribution in [2.75, 3.05) is 7.05 Å². The van der Waals surface area contributed by atoms with Crippen LogP contribution in [0.25, 0.3) is 0 Å². The van der Waals surface area contributed by atoms with Crippen LogP contribution in [0.2, 0.25) is 0 Å². The maximum atomic E-state index is 12.8. The van der Waals surface area contributed by atoms with Crippen LogP contribution in [0.5, 0.6) is 0 Å². The molecule has 90 valence electrons. The zero-order valence-corrected chi connectivity index (χ0v) is 11.8. The molecule has 1 nitrogen and oxygen atoms in total. The molecule has 4 heteroatoms. The Kier molecular flexibility index (Phi) is 4.31. The molecule has 0 aliphatic heterocycles. The topological polar surface area (TPSA) is 12.0 Å². The summed E-state index contributed by atoms with van der Waals surface area (Å²) in [5.41, 5.74) is 1.13. The van der Waals surface area contributed by atoms with Crippen LogP contribution in [0.1, 0.15) is 16.5 Å². The van der Waals surface area contributed by atoms with Crippen molar-refractivity contribution in [3.8, 4) is 0 Å². The molecule has 1 aromatic carbocycles. The van der Waals surface area contributed by atoms with Gasteiger partial charge in [-0.15, -0.1) is 11.3 Å². The van der Waals surface area contributed by atoms with Crippen LogP contribution in [-0.2, 0) is 6.42 Å². The highest BCUT2D eigenvalue weighted by molar-refractivity contribution is 9.11. The number of thiophene rings is 1. The lowest BCUT2D eigenvalue weighted by Crippen LogP contribution is -2.17. The van der Waals surface area contributed by atoms with E-state index in [1.807, 2.05) is 19.2 Å². The molecule has 0 bridgehead atoms. The second-order valence-electron chi connectivity index (χ2n) is 3.81. The molecular weight excluding hydrogens is 301 g/mol. The minimum Gasteiger partial charge on any atom is -0.312 e. The van der Waals surface area contributed by atoms with Gasteiger partial charge in [0.1, 0.15) is 5.82 Å². The van der Waals surface area contributed by atoms with E-state index in [2.05, 4.69) is 33.4 Å². The lowest BCUT2D eigenvalue weighted by atomic mass is 10.0. The summed E-state index contributed by atoms with van der Waals surface area (Å²) in [5, 5.41) is 3.29. The maximum Gasteiger partial charge on any atom is 0.123 e. The average Bonchev–Trinajstić information content (AvgIpc) is 2.75. The number of hydrogen-bond donors (Lipinski definition) is 1. The van der Waals surface area contributed by atoms with Gasteiger partial charge in [0.15, 0.2) is 0 Å². The first-order valence-corrected chi connectivity index (χ1v) is 6.97. The second kappa shape index (κ2) is 5.76. The summed E-state index contributed by atoms with van der Waals surface area (Å²) in [6.07, 6.45) is 0.865. The second-order valence-corrected chi connectivity index (χ2v) is 6.31. The van der Waals surface area contributed by atoms with E-state index in [-0.39, 0.29) is 11.9 Å². The third-order valence-corrected chi connectivity index (χ3v) is 4.38. The smallest absolute Gasteiger partial charge is 0.123 e. The fourth-order valence-electron chi connectivity index (χ4n) is 1.72. The molecule has 1 N–H and O–H groups in total. The third kappa shape index (κ3) is 3.37. The molecule has 2 aromatic rings. The van der Waals surface area contributed by atoms with Crippen molar-refractivity contribution in [3.05, 3.63) is 56.4 Å². The van der Waals surface area contributed by atoms with Crippen molar-refractivity contribution in [2.45, 2.75) is 12.5 Å². The zero-order valence-electron chi connectivity index (χ0n) is 9.41. The molecule has 0 radical (unpaired) electrons. The summed E-state index contributed by atoms with van der Waals surface area (Å²) in [6, 6.07) is 11.1. The van der Waals surface area contributed by atoms with Gasteiger partial charge in [-0.2, -0.15) is 0 Å². The molecule has 2 rings (SSSR count). The van der Waals surface area contributed by atoms with Gasteiger partial charge < -0.3 is 5.32 Å². The van der Waals surface area contributed by atoms with E-state index in [1.54, 1.807) is 11.3 Å². The fourth-order valence-corrected chi connectivity index (χ4v) is 3.25. The number of likely N-dealkylation sites (N-methyl/N-ethyl adjacent to an activating group) is 1. The highest BCUT2D eigenvalue weighted by atomic mass is 79.9. The largest absolute Gasteiger partial charge is 0.312 e. The summed E-state index contributed by atoms with van der Waals surface area (Å²) in [6.45, 7) is 0. The molecule has 1 unspecified atom stereocenters. The lowest BCUT2D eigenvalue weighted by molar-refractivity contribution is 0.598. The van der Waals surface area contributed by atoms with Crippen LogP contribution in [0.15, 0.2) is 40.2 Å². The number of rotatable bonds is 4. The van der Waals surface area contributed by atoms with E-state index in [4.69, 9.17) is 0 Å². The van der Waals surface area contributed by atoms with Crippen molar-refractivity contribution in [1.29, 1.82) is 0 Å². The van der Waals surface area contributed by atoms with Crippen LogP contribution in [-0.4, -0.2) is 7.05 Å². The Morgan fingerprint density at radius 3 is 2.47 bits per heavy atom. The maximum absolute atomic E-state index is 12.8. The van der Waals surface area contributed by atoms with Gasteiger partial charge in [-0.05, 0) is 59.2 Å². The fraction of sp³-hybridized carbons (Fsp3) is 0.231. The Morgan fingerprint density at radius 1 is 1.24 bits per heavy atom. The molecule has 1 atom stereocenters. The summed E-state index contributed by atoms with van der Waals surface area (Å²) in [5.74, 6) is -0.186. The van der Waals surface area contributed by atoms with Crippen molar-refractivity contribution < 1.29 is 4.39 Å². The molecule has 0 fully saturated rings. The van der Waals surface area contributed by atoms with Gasteiger partial charge in [0, 0.05) is 10.9 Å². The standard InChI is InChI=1S/C13H13BrFNS/c1-16-11(12-6-7-13(14)17-12)8-9-2-4-10(15)5-3-9/h2-7,11,16H,8H2,1H3. The minimum atomic E-state index is -0.186. The molecule has 0 saturated carbocycles. The Morgan fingerprint density at radius 2 is 1.94 bits per heavy atom. The zero-order chi connectivity index (χ0) is 12.3.